The molecule has 31 heavy (non-hydrogen) atoms. The number of nitrogens with zero attached hydrogens (tertiary/aromatic N) is 1. The zero-order valence-corrected chi connectivity index (χ0v) is 18.3. The zero-order valence-electron chi connectivity index (χ0n) is 16.7. The molecule has 0 bridgehead atoms. The number of sulfone groups is 1. The number of benzene rings is 2. The molecule has 2 aromatic carbocycles. The number of rotatable bonds is 7. The van der Waals surface area contributed by atoms with Crippen molar-refractivity contribution in [2.75, 3.05) is 11.1 Å². The molecule has 1 saturated carbocycles. The van der Waals surface area contributed by atoms with Gasteiger partial charge in [-0.15, -0.1) is 0 Å². The smallest absolute Gasteiger partial charge is 0.225 e. The molecule has 0 aliphatic heterocycles. The molecular formula is C22H20ClFN2O4S. The number of aromatic nitrogens is 1. The number of anilines is 1. The van der Waals surface area contributed by atoms with Crippen LogP contribution >= 0.6 is 11.6 Å². The molecule has 0 unspecified atom stereocenters. The minimum absolute atomic E-state index is 0.0539. The van der Waals surface area contributed by atoms with Gasteiger partial charge in [0.25, 0.3) is 0 Å². The lowest BCUT2D eigenvalue weighted by Crippen LogP contribution is -2.18. The Morgan fingerprint density at radius 2 is 2.03 bits per heavy atom. The minimum atomic E-state index is -3.76. The molecule has 4 rings (SSSR count). The third kappa shape index (κ3) is 4.97. The standard InChI is InChI=1S/C22H20ClFN2O4S/c1-13-2-3-15(19-12-25-22(30-19)14-4-5-14)10-20(13)31(28,29)9-8-21(27)26-18-7-6-16(23)11-17(18)24/h2-3,6-7,10-12,14H,4-5,8-9H2,1H3,(H,26,27). The minimum Gasteiger partial charge on any atom is -0.440 e. The van der Waals surface area contributed by atoms with Crippen molar-refractivity contribution in [3.05, 3.63) is 64.9 Å². The maximum Gasteiger partial charge on any atom is 0.225 e. The van der Waals surface area contributed by atoms with Crippen LogP contribution in [-0.4, -0.2) is 25.1 Å². The van der Waals surface area contributed by atoms with Crippen molar-refractivity contribution in [1.82, 2.24) is 4.98 Å². The van der Waals surface area contributed by atoms with Gasteiger partial charge in [-0.2, -0.15) is 0 Å². The van der Waals surface area contributed by atoms with Crippen LogP contribution in [0, 0.1) is 12.7 Å². The molecule has 0 spiro atoms. The Bertz CT molecular complexity index is 1250. The van der Waals surface area contributed by atoms with E-state index in [1.807, 2.05) is 0 Å². The van der Waals surface area contributed by atoms with E-state index in [2.05, 4.69) is 10.3 Å². The molecule has 1 heterocycles. The summed E-state index contributed by atoms with van der Waals surface area (Å²) < 4.78 is 45.4. The van der Waals surface area contributed by atoms with Gasteiger partial charge < -0.3 is 9.73 Å². The second-order valence-electron chi connectivity index (χ2n) is 7.56. The highest BCUT2D eigenvalue weighted by molar-refractivity contribution is 7.91. The van der Waals surface area contributed by atoms with Crippen molar-refractivity contribution in [2.24, 2.45) is 0 Å². The normalized spacial score (nSPS) is 13.9. The SMILES string of the molecule is Cc1ccc(-c2cnc(C3CC3)o2)cc1S(=O)(=O)CCC(=O)Nc1ccc(Cl)cc1F. The lowest BCUT2D eigenvalue weighted by Gasteiger charge is -2.10. The summed E-state index contributed by atoms with van der Waals surface area (Å²) in [5.41, 5.74) is 1.12. The highest BCUT2D eigenvalue weighted by Gasteiger charge is 2.29. The third-order valence-corrected chi connectivity index (χ3v) is 7.15. The van der Waals surface area contributed by atoms with Crippen LogP contribution in [0.25, 0.3) is 11.3 Å². The van der Waals surface area contributed by atoms with Crippen LogP contribution in [0.4, 0.5) is 10.1 Å². The van der Waals surface area contributed by atoms with Crippen molar-refractivity contribution in [2.45, 2.75) is 37.0 Å². The van der Waals surface area contributed by atoms with E-state index in [9.17, 15) is 17.6 Å². The summed E-state index contributed by atoms with van der Waals surface area (Å²) in [7, 11) is -3.76. The number of amides is 1. The predicted molar refractivity (Wildman–Crippen MR) is 115 cm³/mol. The molecule has 1 aliphatic carbocycles. The fourth-order valence-corrected chi connectivity index (χ4v) is 4.87. The topological polar surface area (TPSA) is 89.3 Å². The van der Waals surface area contributed by atoms with Crippen molar-refractivity contribution in [3.8, 4) is 11.3 Å². The molecule has 162 valence electrons. The number of oxazole rings is 1. The average molecular weight is 463 g/mol. The van der Waals surface area contributed by atoms with Gasteiger partial charge in [0.15, 0.2) is 21.5 Å². The van der Waals surface area contributed by atoms with E-state index in [4.69, 9.17) is 16.0 Å². The molecule has 9 heteroatoms. The van der Waals surface area contributed by atoms with E-state index in [0.717, 1.165) is 18.9 Å². The van der Waals surface area contributed by atoms with Crippen LogP contribution in [0.5, 0.6) is 0 Å². The maximum absolute atomic E-state index is 13.8. The highest BCUT2D eigenvalue weighted by atomic mass is 35.5. The van der Waals surface area contributed by atoms with Gasteiger partial charge in [0, 0.05) is 22.9 Å². The van der Waals surface area contributed by atoms with Crippen LogP contribution in [0.1, 0.15) is 36.6 Å². The molecular weight excluding hydrogens is 443 g/mol. The number of hydrogen-bond donors (Lipinski definition) is 1. The van der Waals surface area contributed by atoms with Crippen molar-refractivity contribution >= 4 is 33.0 Å². The van der Waals surface area contributed by atoms with E-state index in [1.165, 1.54) is 12.1 Å². The first-order valence-corrected chi connectivity index (χ1v) is 11.8. The molecule has 1 amide bonds. The Hall–Kier alpha value is -2.71. The fourth-order valence-electron chi connectivity index (χ4n) is 3.17. The number of nitrogens with one attached hydrogen (secondary N) is 1. The summed E-state index contributed by atoms with van der Waals surface area (Å²) in [6, 6.07) is 8.85. The summed E-state index contributed by atoms with van der Waals surface area (Å²) in [4.78, 5) is 16.6. The van der Waals surface area contributed by atoms with E-state index < -0.39 is 27.3 Å². The van der Waals surface area contributed by atoms with Gasteiger partial charge in [-0.25, -0.2) is 17.8 Å². The Labute approximate surface area is 184 Å². The van der Waals surface area contributed by atoms with E-state index >= 15 is 0 Å². The largest absolute Gasteiger partial charge is 0.440 e. The van der Waals surface area contributed by atoms with Crippen molar-refractivity contribution < 1.29 is 22.0 Å². The number of aryl methyl sites for hydroxylation is 1. The summed E-state index contributed by atoms with van der Waals surface area (Å²) in [5.74, 6) is -0.179. The second-order valence-corrected chi connectivity index (χ2v) is 10.1. The molecule has 1 aromatic heterocycles. The number of carbonyl (C=O) groups excluding carboxylic acids is 1. The van der Waals surface area contributed by atoms with Crippen LogP contribution in [0.15, 0.2) is 51.9 Å². The summed E-state index contributed by atoms with van der Waals surface area (Å²) >= 11 is 5.69. The molecule has 1 aliphatic rings. The molecule has 3 aromatic rings. The summed E-state index contributed by atoms with van der Waals surface area (Å²) in [6.07, 6.45) is 3.38. The molecule has 0 atom stereocenters. The molecule has 1 N–H and O–H groups in total. The van der Waals surface area contributed by atoms with Gasteiger partial charge in [-0.3, -0.25) is 4.79 Å². The lowest BCUT2D eigenvalue weighted by atomic mass is 10.1. The Kier molecular flexibility index (Phi) is 5.85. The Morgan fingerprint density at radius 3 is 2.74 bits per heavy atom. The molecule has 0 saturated heterocycles. The van der Waals surface area contributed by atoms with Gasteiger partial charge in [0.2, 0.25) is 5.91 Å². The van der Waals surface area contributed by atoms with Gasteiger partial charge in [-0.05, 0) is 49.6 Å². The first kappa shape index (κ1) is 21.5. The Balaban J connectivity index is 1.47. The average Bonchev–Trinajstić information content (AvgIpc) is 3.46. The van der Waals surface area contributed by atoms with Gasteiger partial charge in [0.1, 0.15) is 5.82 Å². The van der Waals surface area contributed by atoms with E-state index in [0.29, 0.717) is 28.7 Å². The third-order valence-electron chi connectivity index (χ3n) is 5.06. The zero-order chi connectivity index (χ0) is 22.2. The van der Waals surface area contributed by atoms with Crippen LogP contribution < -0.4 is 5.32 Å². The first-order valence-electron chi connectivity index (χ1n) is 9.77. The summed E-state index contributed by atoms with van der Waals surface area (Å²) in [5, 5.41) is 2.57. The number of halogens is 2. The lowest BCUT2D eigenvalue weighted by molar-refractivity contribution is -0.115. The first-order chi connectivity index (χ1) is 14.7. The Morgan fingerprint density at radius 1 is 1.26 bits per heavy atom. The van der Waals surface area contributed by atoms with Gasteiger partial charge in [0.05, 0.1) is 22.5 Å². The molecule has 6 nitrogen and oxygen atoms in total. The predicted octanol–water partition coefficient (Wildman–Crippen LogP) is 5.12. The van der Waals surface area contributed by atoms with Crippen LogP contribution in [-0.2, 0) is 14.6 Å². The number of hydrogen-bond acceptors (Lipinski definition) is 5. The van der Waals surface area contributed by atoms with E-state index in [1.54, 1.807) is 31.3 Å². The van der Waals surface area contributed by atoms with Crippen molar-refractivity contribution in [1.29, 1.82) is 0 Å². The maximum atomic E-state index is 13.8. The molecule has 0 radical (unpaired) electrons. The summed E-state index contributed by atoms with van der Waals surface area (Å²) in [6.45, 7) is 1.69. The number of carbonyl (C=O) groups is 1. The van der Waals surface area contributed by atoms with E-state index in [-0.39, 0.29) is 22.0 Å². The van der Waals surface area contributed by atoms with Gasteiger partial charge >= 0.3 is 0 Å². The van der Waals surface area contributed by atoms with Gasteiger partial charge in [-0.1, -0.05) is 23.7 Å². The van der Waals surface area contributed by atoms with Crippen LogP contribution in [0.2, 0.25) is 5.02 Å². The fraction of sp³-hybridized carbons (Fsp3) is 0.273. The van der Waals surface area contributed by atoms with Crippen LogP contribution in [0.3, 0.4) is 0 Å². The monoisotopic (exact) mass is 462 g/mol. The second kappa shape index (κ2) is 8.43. The highest BCUT2D eigenvalue weighted by Crippen LogP contribution is 2.40. The van der Waals surface area contributed by atoms with Crippen molar-refractivity contribution in [3.63, 3.8) is 0 Å². The quantitative estimate of drug-likeness (QED) is 0.526. The molecule has 1 fully saturated rings.